The van der Waals surface area contributed by atoms with Gasteiger partial charge in [-0.1, -0.05) is 0 Å². The summed E-state index contributed by atoms with van der Waals surface area (Å²) in [4.78, 5) is 13.0. The van der Waals surface area contributed by atoms with Crippen molar-refractivity contribution in [1.29, 1.82) is 0 Å². The Balaban J connectivity index is 2.06. The largest absolute Gasteiger partial charge is 0.354 e. The zero-order valence-corrected chi connectivity index (χ0v) is 11.2. The normalized spacial score (nSPS) is 24.4. The number of carbonyl (C=O) groups is 1. The molecular weight excluding hydrogens is 290 g/mol. The maximum atomic E-state index is 14.0. The number of benzene rings is 1. The first-order chi connectivity index (χ1) is 9.37. The Morgan fingerprint density at radius 3 is 2.70 bits per heavy atom. The third kappa shape index (κ3) is 2.13. The van der Waals surface area contributed by atoms with Crippen LogP contribution in [0.15, 0.2) is 12.1 Å². The summed E-state index contributed by atoms with van der Waals surface area (Å²) in [5.41, 5.74) is 0.108. The van der Waals surface area contributed by atoms with Gasteiger partial charge in [-0.15, -0.1) is 0 Å². The number of nitrogens with zero attached hydrogens (tertiary/aromatic N) is 1. The first-order valence-corrected chi connectivity index (χ1v) is 7.94. The molecule has 1 aromatic carbocycles. The molecule has 0 aliphatic carbocycles. The molecule has 108 valence electrons. The van der Waals surface area contributed by atoms with Crippen LogP contribution in [0.3, 0.4) is 0 Å². The van der Waals surface area contributed by atoms with Crippen LogP contribution in [0.25, 0.3) is 0 Å². The Morgan fingerprint density at radius 2 is 2.05 bits per heavy atom. The van der Waals surface area contributed by atoms with E-state index in [4.69, 9.17) is 0 Å². The summed E-state index contributed by atoms with van der Waals surface area (Å²) in [6.45, 7) is -0.173. The van der Waals surface area contributed by atoms with E-state index in [1.807, 2.05) is 0 Å². The fourth-order valence-electron chi connectivity index (χ4n) is 2.68. The van der Waals surface area contributed by atoms with Gasteiger partial charge in [0.25, 0.3) is 0 Å². The highest BCUT2D eigenvalue weighted by Crippen LogP contribution is 2.36. The summed E-state index contributed by atoms with van der Waals surface area (Å²) in [5, 5.41) is 2.47. The van der Waals surface area contributed by atoms with Gasteiger partial charge in [0.05, 0.1) is 23.7 Å². The summed E-state index contributed by atoms with van der Waals surface area (Å²) in [6.07, 6.45) is 0.311. The highest BCUT2D eigenvalue weighted by molar-refractivity contribution is 7.91. The Labute approximate surface area is 114 Å². The van der Waals surface area contributed by atoms with E-state index in [9.17, 15) is 22.0 Å². The molecule has 0 aromatic heterocycles. The smallest absolute Gasteiger partial charge is 0.243 e. The Hall–Kier alpha value is -1.70. The topological polar surface area (TPSA) is 66.5 Å². The minimum Gasteiger partial charge on any atom is -0.354 e. The molecule has 2 heterocycles. The maximum Gasteiger partial charge on any atom is 0.243 e. The van der Waals surface area contributed by atoms with Gasteiger partial charge in [-0.2, -0.15) is 0 Å². The van der Waals surface area contributed by atoms with Crippen LogP contribution in [0.1, 0.15) is 6.42 Å². The van der Waals surface area contributed by atoms with Crippen molar-refractivity contribution in [3.05, 3.63) is 23.8 Å². The van der Waals surface area contributed by atoms with Crippen molar-refractivity contribution in [2.45, 2.75) is 12.5 Å². The lowest BCUT2D eigenvalue weighted by molar-refractivity contribution is -0.115. The van der Waals surface area contributed by atoms with E-state index in [2.05, 4.69) is 5.32 Å². The molecule has 8 heteroatoms. The quantitative estimate of drug-likeness (QED) is 0.837. The number of hydrogen-bond acceptors (Lipinski definition) is 4. The van der Waals surface area contributed by atoms with E-state index < -0.39 is 27.5 Å². The summed E-state index contributed by atoms with van der Waals surface area (Å²) in [5.74, 6) is -2.59. The number of nitrogens with one attached hydrogen (secondary N) is 1. The van der Waals surface area contributed by atoms with Gasteiger partial charge in [-0.25, -0.2) is 17.2 Å². The molecule has 1 fully saturated rings. The van der Waals surface area contributed by atoms with E-state index >= 15 is 0 Å². The van der Waals surface area contributed by atoms with E-state index in [1.54, 1.807) is 0 Å². The van der Waals surface area contributed by atoms with Crippen LogP contribution in [0.2, 0.25) is 0 Å². The van der Waals surface area contributed by atoms with Crippen molar-refractivity contribution < 1.29 is 22.0 Å². The van der Waals surface area contributed by atoms with E-state index in [-0.39, 0.29) is 35.3 Å². The number of hydrogen-bond donors (Lipinski definition) is 1. The molecule has 20 heavy (non-hydrogen) atoms. The van der Waals surface area contributed by atoms with Crippen molar-refractivity contribution in [2.75, 3.05) is 28.3 Å². The maximum absolute atomic E-state index is 14.0. The molecule has 0 bridgehead atoms. The molecule has 5 nitrogen and oxygen atoms in total. The van der Waals surface area contributed by atoms with E-state index in [1.165, 1.54) is 11.0 Å². The molecule has 1 unspecified atom stereocenters. The number of carbonyl (C=O) groups excluding carboxylic acids is 1. The fraction of sp³-hybridized carbons (Fsp3) is 0.417. The van der Waals surface area contributed by atoms with Crippen LogP contribution >= 0.6 is 0 Å². The predicted molar refractivity (Wildman–Crippen MR) is 69.4 cm³/mol. The first kappa shape index (κ1) is 13.3. The summed E-state index contributed by atoms with van der Waals surface area (Å²) in [6, 6.07) is 1.71. The minimum absolute atomic E-state index is 0.00204. The predicted octanol–water partition coefficient (Wildman–Crippen LogP) is 0.910. The fourth-order valence-corrected chi connectivity index (χ4v) is 4.41. The van der Waals surface area contributed by atoms with Crippen LogP contribution in [-0.2, 0) is 14.6 Å². The van der Waals surface area contributed by atoms with Crippen molar-refractivity contribution in [1.82, 2.24) is 0 Å². The van der Waals surface area contributed by atoms with Gasteiger partial charge in [-0.05, 0) is 18.6 Å². The lowest BCUT2D eigenvalue weighted by Crippen LogP contribution is -2.45. The molecule has 1 N–H and O–H groups in total. The lowest BCUT2D eigenvalue weighted by Gasteiger charge is -2.35. The second-order valence-electron chi connectivity index (χ2n) is 4.99. The van der Waals surface area contributed by atoms with Gasteiger partial charge in [0.1, 0.15) is 5.69 Å². The number of anilines is 2. The third-order valence-electron chi connectivity index (χ3n) is 3.59. The van der Waals surface area contributed by atoms with Crippen molar-refractivity contribution >= 4 is 27.1 Å². The molecule has 2 aliphatic heterocycles. The highest BCUT2D eigenvalue weighted by Gasteiger charge is 2.37. The van der Waals surface area contributed by atoms with Crippen LogP contribution in [0.4, 0.5) is 20.2 Å². The van der Waals surface area contributed by atoms with Crippen LogP contribution < -0.4 is 10.2 Å². The van der Waals surface area contributed by atoms with Crippen LogP contribution in [0, 0.1) is 11.6 Å². The van der Waals surface area contributed by atoms with E-state index in [0.29, 0.717) is 6.42 Å². The average molecular weight is 302 g/mol. The van der Waals surface area contributed by atoms with Crippen LogP contribution in [0.5, 0.6) is 0 Å². The molecule has 1 aromatic rings. The third-order valence-corrected chi connectivity index (χ3v) is 5.34. The summed E-state index contributed by atoms with van der Waals surface area (Å²) in [7, 11) is -3.18. The van der Waals surface area contributed by atoms with Crippen LogP contribution in [-0.4, -0.2) is 38.4 Å². The standard InChI is InChI=1S/C12H12F2N2O3S/c13-8-1-2-9-12(11(8)14)16(5-10(17)15-9)7-3-4-20(18,19)6-7/h1-2,7H,3-6H2,(H,15,17). The molecule has 1 saturated heterocycles. The SMILES string of the molecule is O=C1CN(C2CCS(=O)(=O)C2)c2c(ccc(F)c2F)N1. The van der Waals surface area contributed by atoms with Gasteiger partial charge >= 0.3 is 0 Å². The van der Waals surface area contributed by atoms with Gasteiger partial charge in [0.2, 0.25) is 5.91 Å². The molecule has 3 rings (SSSR count). The van der Waals surface area contributed by atoms with E-state index in [0.717, 1.165) is 6.07 Å². The Bertz CT molecular complexity index is 690. The Morgan fingerprint density at radius 1 is 1.30 bits per heavy atom. The molecule has 0 saturated carbocycles. The van der Waals surface area contributed by atoms with Gasteiger partial charge in [0, 0.05) is 6.04 Å². The summed E-state index contributed by atoms with van der Waals surface area (Å²) < 4.78 is 50.4. The van der Waals surface area contributed by atoms with Gasteiger partial charge in [-0.3, -0.25) is 4.79 Å². The molecular formula is C12H12F2N2O3S. The molecule has 0 radical (unpaired) electrons. The number of fused-ring (bicyclic) bond motifs is 1. The molecule has 2 aliphatic rings. The Kier molecular flexibility index (Phi) is 2.93. The highest BCUT2D eigenvalue weighted by atomic mass is 32.2. The van der Waals surface area contributed by atoms with Crippen molar-refractivity contribution in [3.8, 4) is 0 Å². The number of halogens is 2. The molecule has 1 amide bonds. The monoisotopic (exact) mass is 302 g/mol. The number of rotatable bonds is 1. The average Bonchev–Trinajstić information content (AvgIpc) is 2.73. The molecule has 0 spiro atoms. The second kappa shape index (κ2) is 4.41. The molecule has 1 atom stereocenters. The van der Waals surface area contributed by atoms with Gasteiger partial charge < -0.3 is 10.2 Å². The first-order valence-electron chi connectivity index (χ1n) is 6.12. The zero-order valence-electron chi connectivity index (χ0n) is 10.4. The minimum atomic E-state index is -3.18. The van der Waals surface area contributed by atoms with Crippen molar-refractivity contribution in [2.24, 2.45) is 0 Å². The van der Waals surface area contributed by atoms with Gasteiger partial charge in [0.15, 0.2) is 21.5 Å². The number of sulfone groups is 1. The number of amides is 1. The zero-order chi connectivity index (χ0) is 14.5. The lowest BCUT2D eigenvalue weighted by atomic mass is 10.1. The summed E-state index contributed by atoms with van der Waals surface area (Å²) >= 11 is 0. The van der Waals surface area contributed by atoms with Crippen molar-refractivity contribution in [3.63, 3.8) is 0 Å². The second-order valence-corrected chi connectivity index (χ2v) is 7.22.